The molecule has 0 aromatic heterocycles. The Bertz CT molecular complexity index is 360. The molecule has 1 atom stereocenters. The van der Waals surface area contributed by atoms with Gasteiger partial charge in [0, 0.05) is 5.92 Å². The second-order valence-electron chi connectivity index (χ2n) is 5.08. The molecule has 0 spiro atoms. The predicted molar refractivity (Wildman–Crippen MR) is 72.0 cm³/mol. The molecule has 0 heterocycles. The first kappa shape index (κ1) is 12.4. The van der Waals surface area contributed by atoms with E-state index in [4.69, 9.17) is 0 Å². The van der Waals surface area contributed by atoms with Crippen molar-refractivity contribution >= 4 is 0 Å². The van der Waals surface area contributed by atoms with E-state index in [1.807, 2.05) is 13.0 Å². The summed E-state index contributed by atoms with van der Waals surface area (Å²) >= 11 is 0. The van der Waals surface area contributed by atoms with Crippen molar-refractivity contribution in [1.29, 1.82) is 0 Å². The summed E-state index contributed by atoms with van der Waals surface area (Å²) in [5, 5.41) is 10.9. The van der Waals surface area contributed by atoms with Crippen molar-refractivity contribution in [1.82, 2.24) is 0 Å². The van der Waals surface area contributed by atoms with Gasteiger partial charge in [0.2, 0.25) is 0 Å². The normalized spacial score (nSPS) is 21.5. The Morgan fingerprint density at radius 2 is 1.76 bits per heavy atom. The second kappa shape index (κ2) is 5.50. The standard InChI is InChI=1S/C16H22O/c1-2-9-15(14-10-5-3-6-11-14)16(17)12-7-4-8-13-16/h2-3,5-6,9-11,15,17H,4,7-8,12-13H2,1H3/b9-2+. The lowest BCUT2D eigenvalue weighted by atomic mass is 9.73. The molecule has 1 N–H and O–H groups in total. The third-order valence-electron chi connectivity index (χ3n) is 3.84. The van der Waals surface area contributed by atoms with E-state index in [1.165, 1.54) is 12.0 Å². The molecule has 1 fully saturated rings. The lowest BCUT2D eigenvalue weighted by molar-refractivity contribution is -0.00914. The summed E-state index contributed by atoms with van der Waals surface area (Å²) in [5.74, 6) is 0.147. The highest BCUT2D eigenvalue weighted by atomic mass is 16.3. The Kier molecular flexibility index (Phi) is 4.01. The minimum absolute atomic E-state index is 0.147. The summed E-state index contributed by atoms with van der Waals surface area (Å²) in [6.45, 7) is 2.03. The van der Waals surface area contributed by atoms with Crippen LogP contribution in [0.1, 0.15) is 50.5 Å². The average molecular weight is 230 g/mol. The minimum atomic E-state index is -0.536. The molecule has 1 aliphatic carbocycles. The molecule has 0 radical (unpaired) electrons. The first-order valence-electron chi connectivity index (χ1n) is 6.66. The largest absolute Gasteiger partial charge is 0.389 e. The fourth-order valence-corrected chi connectivity index (χ4v) is 2.93. The Morgan fingerprint density at radius 1 is 1.12 bits per heavy atom. The fourth-order valence-electron chi connectivity index (χ4n) is 2.93. The van der Waals surface area contributed by atoms with E-state index in [0.717, 1.165) is 25.7 Å². The topological polar surface area (TPSA) is 20.2 Å². The monoisotopic (exact) mass is 230 g/mol. The molecule has 1 nitrogen and oxygen atoms in total. The van der Waals surface area contributed by atoms with Crippen LogP contribution < -0.4 is 0 Å². The van der Waals surface area contributed by atoms with Gasteiger partial charge in [-0.3, -0.25) is 0 Å². The average Bonchev–Trinajstić information content (AvgIpc) is 2.38. The molecular formula is C16H22O. The molecule has 1 saturated carbocycles. The SMILES string of the molecule is C/C=C/C(c1ccccc1)C1(O)CCCCC1. The number of hydrogen-bond donors (Lipinski definition) is 1. The van der Waals surface area contributed by atoms with Gasteiger partial charge in [-0.1, -0.05) is 61.7 Å². The van der Waals surface area contributed by atoms with Crippen molar-refractivity contribution in [2.45, 2.75) is 50.5 Å². The van der Waals surface area contributed by atoms with Crippen molar-refractivity contribution in [3.05, 3.63) is 48.0 Å². The molecule has 0 bridgehead atoms. The van der Waals surface area contributed by atoms with Gasteiger partial charge in [-0.25, -0.2) is 0 Å². The van der Waals surface area contributed by atoms with Gasteiger partial charge in [0.1, 0.15) is 0 Å². The predicted octanol–water partition coefficient (Wildman–Crippen LogP) is 4.04. The quantitative estimate of drug-likeness (QED) is 0.777. The summed E-state index contributed by atoms with van der Waals surface area (Å²) in [4.78, 5) is 0. The van der Waals surface area contributed by atoms with Gasteiger partial charge in [-0.05, 0) is 25.3 Å². The second-order valence-corrected chi connectivity index (χ2v) is 5.08. The van der Waals surface area contributed by atoms with Gasteiger partial charge in [0.15, 0.2) is 0 Å². The van der Waals surface area contributed by atoms with Crippen molar-refractivity contribution in [3.8, 4) is 0 Å². The molecule has 0 aliphatic heterocycles. The molecule has 92 valence electrons. The van der Waals surface area contributed by atoms with E-state index in [1.54, 1.807) is 0 Å². The molecule has 0 amide bonds. The number of benzene rings is 1. The van der Waals surface area contributed by atoms with Crippen molar-refractivity contribution in [3.63, 3.8) is 0 Å². The van der Waals surface area contributed by atoms with E-state index >= 15 is 0 Å². The Labute approximate surface area is 104 Å². The van der Waals surface area contributed by atoms with Crippen LogP contribution in [0.3, 0.4) is 0 Å². The van der Waals surface area contributed by atoms with Gasteiger partial charge >= 0.3 is 0 Å². The molecule has 1 aliphatic rings. The molecule has 1 aromatic rings. The molecule has 1 heteroatoms. The Hall–Kier alpha value is -1.08. The zero-order chi connectivity index (χ0) is 12.1. The molecule has 1 unspecified atom stereocenters. The van der Waals surface area contributed by atoms with Gasteiger partial charge in [-0.2, -0.15) is 0 Å². The van der Waals surface area contributed by atoms with Gasteiger partial charge in [0.05, 0.1) is 5.60 Å². The first-order chi connectivity index (χ1) is 8.26. The van der Waals surface area contributed by atoms with Crippen LogP contribution in [-0.2, 0) is 0 Å². The van der Waals surface area contributed by atoms with Crippen LogP contribution in [0.25, 0.3) is 0 Å². The van der Waals surface area contributed by atoms with Gasteiger partial charge < -0.3 is 5.11 Å². The third-order valence-corrected chi connectivity index (χ3v) is 3.84. The minimum Gasteiger partial charge on any atom is -0.389 e. The maximum Gasteiger partial charge on any atom is 0.0750 e. The van der Waals surface area contributed by atoms with Crippen LogP contribution in [-0.4, -0.2) is 10.7 Å². The maximum absolute atomic E-state index is 10.9. The van der Waals surface area contributed by atoms with E-state index < -0.39 is 5.60 Å². The Morgan fingerprint density at radius 3 is 2.35 bits per heavy atom. The molecule has 17 heavy (non-hydrogen) atoms. The summed E-state index contributed by atoms with van der Waals surface area (Å²) in [6, 6.07) is 10.4. The Balaban J connectivity index is 2.28. The van der Waals surface area contributed by atoms with Gasteiger partial charge in [0.25, 0.3) is 0 Å². The zero-order valence-electron chi connectivity index (χ0n) is 10.6. The van der Waals surface area contributed by atoms with Gasteiger partial charge in [-0.15, -0.1) is 0 Å². The molecule has 1 aromatic carbocycles. The van der Waals surface area contributed by atoms with E-state index in [0.29, 0.717) is 0 Å². The summed E-state index contributed by atoms with van der Waals surface area (Å²) in [7, 11) is 0. The smallest absolute Gasteiger partial charge is 0.0750 e. The summed E-state index contributed by atoms with van der Waals surface area (Å²) < 4.78 is 0. The van der Waals surface area contributed by atoms with Crippen LogP contribution in [0.15, 0.2) is 42.5 Å². The van der Waals surface area contributed by atoms with E-state index in [2.05, 4.69) is 36.4 Å². The fraction of sp³-hybridized carbons (Fsp3) is 0.500. The van der Waals surface area contributed by atoms with Crippen molar-refractivity contribution < 1.29 is 5.11 Å². The highest BCUT2D eigenvalue weighted by molar-refractivity contribution is 5.28. The third kappa shape index (κ3) is 2.78. The molecule has 0 saturated heterocycles. The van der Waals surface area contributed by atoms with E-state index in [-0.39, 0.29) is 5.92 Å². The highest BCUT2D eigenvalue weighted by Gasteiger charge is 2.36. The maximum atomic E-state index is 10.9. The number of allylic oxidation sites excluding steroid dienone is 1. The van der Waals surface area contributed by atoms with Crippen molar-refractivity contribution in [2.24, 2.45) is 0 Å². The lowest BCUT2D eigenvalue weighted by Gasteiger charge is -2.38. The summed E-state index contributed by atoms with van der Waals surface area (Å²) in [6.07, 6.45) is 9.63. The van der Waals surface area contributed by atoms with Crippen LogP contribution >= 0.6 is 0 Å². The van der Waals surface area contributed by atoms with Crippen LogP contribution in [0.4, 0.5) is 0 Å². The first-order valence-corrected chi connectivity index (χ1v) is 6.66. The van der Waals surface area contributed by atoms with Crippen molar-refractivity contribution in [2.75, 3.05) is 0 Å². The van der Waals surface area contributed by atoms with Crippen LogP contribution in [0.2, 0.25) is 0 Å². The summed E-state index contributed by atoms with van der Waals surface area (Å²) in [5.41, 5.74) is 0.696. The van der Waals surface area contributed by atoms with E-state index in [9.17, 15) is 5.11 Å². The molecule has 2 rings (SSSR count). The lowest BCUT2D eigenvalue weighted by Crippen LogP contribution is -2.37. The van der Waals surface area contributed by atoms with Crippen LogP contribution in [0, 0.1) is 0 Å². The molecular weight excluding hydrogens is 208 g/mol. The zero-order valence-corrected chi connectivity index (χ0v) is 10.6. The van der Waals surface area contributed by atoms with Crippen LogP contribution in [0.5, 0.6) is 0 Å². The highest BCUT2D eigenvalue weighted by Crippen LogP contribution is 2.40. The number of aliphatic hydroxyl groups is 1. The number of hydrogen-bond acceptors (Lipinski definition) is 1. The number of rotatable bonds is 3.